The highest BCUT2D eigenvalue weighted by Gasteiger charge is 2.63. The average Bonchev–Trinajstić information content (AvgIpc) is 3.08. The SMILES string of the molecule is CC(C)(C)C[C@@H]1N[C@@H](C(=O)OC(=O)C(F)(F)F)[C@H](c2cccc(Cl)c2F)[C@@]1(C#N)c1ncc(Cl)cc1F. The molecule has 13 heteroatoms. The van der Waals surface area contributed by atoms with Crippen LogP contribution in [0.15, 0.2) is 30.5 Å². The molecule has 3 rings (SSSR count). The summed E-state index contributed by atoms with van der Waals surface area (Å²) in [5.74, 6) is -8.43. The number of nitriles is 1. The van der Waals surface area contributed by atoms with Crippen LogP contribution in [-0.4, -0.2) is 35.2 Å². The number of benzene rings is 1. The van der Waals surface area contributed by atoms with E-state index in [-0.39, 0.29) is 11.4 Å². The minimum Gasteiger partial charge on any atom is -0.385 e. The molecule has 4 atom stereocenters. The van der Waals surface area contributed by atoms with Crippen LogP contribution in [-0.2, 0) is 19.7 Å². The summed E-state index contributed by atoms with van der Waals surface area (Å²) in [6, 6.07) is 3.35. The van der Waals surface area contributed by atoms with Gasteiger partial charge < -0.3 is 4.74 Å². The molecule has 1 aromatic carbocycles. The molecule has 0 amide bonds. The summed E-state index contributed by atoms with van der Waals surface area (Å²) in [6.45, 7) is 5.28. The molecule has 1 aromatic heterocycles. The van der Waals surface area contributed by atoms with Crippen LogP contribution in [0.2, 0.25) is 10.0 Å². The fourth-order valence-electron chi connectivity index (χ4n) is 4.59. The van der Waals surface area contributed by atoms with Crippen molar-refractivity contribution in [1.82, 2.24) is 10.3 Å². The lowest BCUT2D eigenvalue weighted by molar-refractivity contribution is -0.202. The molecule has 1 fully saturated rings. The third-order valence-corrected chi connectivity index (χ3v) is 6.45. The average molecular weight is 564 g/mol. The van der Waals surface area contributed by atoms with Crippen molar-refractivity contribution in [3.05, 3.63) is 63.4 Å². The lowest BCUT2D eigenvalue weighted by atomic mass is 9.64. The normalized spacial score (nSPS) is 24.0. The first-order chi connectivity index (χ1) is 17.0. The fourth-order valence-corrected chi connectivity index (χ4v) is 4.92. The van der Waals surface area contributed by atoms with Crippen LogP contribution in [0, 0.1) is 28.4 Å². The van der Waals surface area contributed by atoms with E-state index in [4.69, 9.17) is 23.2 Å². The number of carbonyl (C=O) groups excluding carboxylic acids is 2. The van der Waals surface area contributed by atoms with E-state index in [2.05, 4.69) is 15.0 Å². The molecular weight excluding hydrogens is 544 g/mol. The molecule has 0 aliphatic carbocycles. The van der Waals surface area contributed by atoms with Crippen LogP contribution in [0.1, 0.15) is 44.4 Å². The summed E-state index contributed by atoms with van der Waals surface area (Å²) in [5.41, 5.74) is -3.70. The van der Waals surface area contributed by atoms with Crippen molar-refractivity contribution in [2.75, 3.05) is 0 Å². The first-order valence-corrected chi connectivity index (χ1v) is 11.5. The summed E-state index contributed by atoms with van der Waals surface area (Å²) in [7, 11) is 0. The number of nitrogens with zero attached hydrogens (tertiary/aromatic N) is 2. The zero-order valence-corrected chi connectivity index (χ0v) is 21.1. The largest absolute Gasteiger partial charge is 0.491 e. The van der Waals surface area contributed by atoms with Gasteiger partial charge >= 0.3 is 18.1 Å². The van der Waals surface area contributed by atoms with Gasteiger partial charge in [-0.25, -0.2) is 18.4 Å². The highest BCUT2D eigenvalue weighted by molar-refractivity contribution is 6.31. The molecule has 0 saturated carbocycles. The molecule has 1 N–H and O–H groups in total. The first kappa shape index (κ1) is 28.8. The molecule has 2 heterocycles. The Kier molecular flexibility index (Phi) is 7.89. The van der Waals surface area contributed by atoms with Gasteiger partial charge in [0.1, 0.15) is 23.1 Å². The number of hydrogen-bond acceptors (Lipinski definition) is 6. The van der Waals surface area contributed by atoms with Gasteiger partial charge in [0.05, 0.1) is 21.8 Å². The van der Waals surface area contributed by atoms with E-state index in [0.29, 0.717) is 0 Å². The molecule has 198 valence electrons. The molecule has 2 aromatic rings. The van der Waals surface area contributed by atoms with E-state index in [1.54, 1.807) is 20.8 Å². The maximum atomic E-state index is 15.4. The van der Waals surface area contributed by atoms with Crippen molar-refractivity contribution in [3.8, 4) is 6.07 Å². The predicted molar refractivity (Wildman–Crippen MR) is 123 cm³/mol. The molecule has 37 heavy (non-hydrogen) atoms. The summed E-state index contributed by atoms with van der Waals surface area (Å²) < 4.78 is 73.3. The Morgan fingerprint density at radius 3 is 2.41 bits per heavy atom. The number of nitrogens with one attached hydrogen (secondary N) is 1. The number of esters is 2. The second kappa shape index (κ2) is 10.2. The molecule has 1 aliphatic heterocycles. The predicted octanol–water partition coefficient (Wildman–Crippen LogP) is 5.62. The summed E-state index contributed by atoms with van der Waals surface area (Å²) in [4.78, 5) is 28.4. The highest BCUT2D eigenvalue weighted by atomic mass is 35.5. The Hall–Kier alpha value is -2.81. The van der Waals surface area contributed by atoms with Crippen LogP contribution < -0.4 is 5.32 Å². The summed E-state index contributed by atoms with van der Waals surface area (Å²) >= 11 is 11.8. The van der Waals surface area contributed by atoms with Crippen LogP contribution in [0.25, 0.3) is 0 Å². The van der Waals surface area contributed by atoms with E-state index < -0.39 is 74.9 Å². The van der Waals surface area contributed by atoms with Crippen molar-refractivity contribution in [1.29, 1.82) is 5.26 Å². The summed E-state index contributed by atoms with van der Waals surface area (Å²) in [5, 5.41) is 12.7. The number of carbonyl (C=O) groups is 2. The second-order valence-electron chi connectivity index (χ2n) is 9.75. The molecule has 6 nitrogen and oxygen atoms in total. The molecular formula is C24H20Cl2F5N3O3. The zero-order chi connectivity index (χ0) is 27.9. The zero-order valence-electron chi connectivity index (χ0n) is 19.6. The third-order valence-electron chi connectivity index (χ3n) is 5.95. The van der Waals surface area contributed by atoms with Crippen LogP contribution in [0.4, 0.5) is 22.0 Å². The molecule has 0 spiro atoms. The second-order valence-corrected chi connectivity index (χ2v) is 10.6. The highest BCUT2D eigenvalue weighted by Crippen LogP contribution is 2.52. The number of hydrogen-bond donors (Lipinski definition) is 1. The fraction of sp³-hybridized carbons (Fsp3) is 0.417. The van der Waals surface area contributed by atoms with Crippen molar-refractivity contribution in [2.24, 2.45) is 5.41 Å². The Morgan fingerprint density at radius 2 is 1.86 bits per heavy atom. The number of ether oxygens (including phenoxy) is 1. The van der Waals surface area contributed by atoms with E-state index in [1.165, 1.54) is 12.1 Å². The van der Waals surface area contributed by atoms with Gasteiger partial charge in [0, 0.05) is 18.2 Å². The first-order valence-electron chi connectivity index (χ1n) is 10.8. The van der Waals surface area contributed by atoms with Crippen molar-refractivity contribution in [2.45, 2.75) is 56.8 Å². The Morgan fingerprint density at radius 1 is 1.22 bits per heavy atom. The number of aromatic nitrogens is 1. The Labute approximate surface area is 218 Å². The van der Waals surface area contributed by atoms with Gasteiger partial charge in [-0.05, 0) is 29.5 Å². The molecule has 1 aliphatic rings. The summed E-state index contributed by atoms with van der Waals surface area (Å²) in [6.07, 6.45) is -4.43. The van der Waals surface area contributed by atoms with Gasteiger partial charge in [0.25, 0.3) is 0 Å². The van der Waals surface area contributed by atoms with Crippen molar-refractivity contribution in [3.63, 3.8) is 0 Å². The topological polar surface area (TPSA) is 92.1 Å². The standard InChI is InChI=1S/C24H20Cl2F5N3O3/c1-22(2,3)8-15-23(10-32,19-14(27)7-11(25)9-33-19)16(12-5-4-6-13(26)17(12)28)18(34-15)20(35)37-21(36)24(29,30)31/h4-7,9,15-16,18,34H,8H2,1-3H3/t15-,16-,18+,23-/m0/s1. The lowest BCUT2D eigenvalue weighted by Crippen LogP contribution is -2.45. The van der Waals surface area contributed by atoms with E-state index in [9.17, 15) is 28.0 Å². The lowest BCUT2D eigenvalue weighted by Gasteiger charge is -2.36. The number of pyridine rings is 1. The minimum absolute atomic E-state index is 0.0417. The van der Waals surface area contributed by atoms with E-state index in [0.717, 1.165) is 18.3 Å². The van der Waals surface area contributed by atoms with Crippen LogP contribution >= 0.6 is 23.2 Å². The van der Waals surface area contributed by atoms with Crippen molar-refractivity contribution < 1.29 is 36.3 Å². The van der Waals surface area contributed by atoms with Gasteiger partial charge in [0.15, 0.2) is 0 Å². The van der Waals surface area contributed by atoms with Crippen molar-refractivity contribution >= 4 is 35.1 Å². The molecule has 0 bridgehead atoms. The minimum atomic E-state index is -5.51. The van der Waals surface area contributed by atoms with Gasteiger partial charge in [-0.2, -0.15) is 18.4 Å². The maximum Gasteiger partial charge on any atom is 0.491 e. The quantitative estimate of drug-likeness (QED) is 0.295. The smallest absolute Gasteiger partial charge is 0.385 e. The van der Waals surface area contributed by atoms with E-state index in [1.807, 2.05) is 6.07 Å². The monoisotopic (exact) mass is 563 g/mol. The van der Waals surface area contributed by atoms with Gasteiger partial charge in [-0.1, -0.05) is 56.1 Å². The molecule has 0 unspecified atom stereocenters. The van der Waals surface area contributed by atoms with Crippen LogP contribution in [0.3, 0.4) is 0 Å². The number of halogens is 7. The Bertz CT molecular complexity index is 1280. The van der Waals surface area contributed by atoms with E-state index >= 15 is 8.78 Å². The maximum absolute atomic E-state index is 15.4. The number of rotatable bonds is 4. The van der Waals surface area contributed by atoms with Gasteiger partial charge in [-0.15, -0.1) is 0 Å². The number of alkyl halides is 3. The third kappa shape index (κ3) is 5.56. The van der Waals surface area contributed by atoms with Crippen LogP contribution in [0.5, 0.6) is 0 Å². The van der Waals surface area contributed by atoms with Gasteiger partial charge in [0.2, 0.25) is 0 Å². The Balaban J connectivity index is 2.34. The molecule has 1 saturated heterocycles. The molecule has 0 radical (unpaired) electrons. The van der Waals surface area contributed by atoms with Gasteiger partial charge in [-0.3, -0.25) is 10.3 Å².